The van der Waals surface area contributed by atoms with Gasteiger partial charge in [-0.3, -0.25) is 0 Å². The quantitative estimate of drug-likeness (QED) is 0.746. The number of hydrogen-bond donors (Lipinski definition) is 2. The number of hydrogen-bond acceptors (Lipinski definition) is 2. The second-order valence-corrected chi connectivity index (χ2v) is 4.57. The number of aliphatic hydroxyl groups is 2. The van der Waals surface area contributed by atoms with Gasteiger partial charge in [-0.25, -0.2) is 0 Å². The van der Waals surface area contributed by atoms with Gasteiger partial charge in [0.25, 0.3) is 0 Å². The van der Waals surface area contributed by atoms with E-state index in [1.54, 1.807) is 0 Å². The second kappa shape index (κ2) is 4.81. The molecule has 0 aromatic heterocycles. The third kappa shape index (κ3) is 2.18. The Kier molecular flexibility index (Phi) is 3.42. The Morgan fingerprint density at radius 3 is 2.56 bits per heavy atom. The Labute approximate surface area is 96.2 Å². The van der Waals surface area contributed by atoms with Crippen molar-refractivity contribution in [1.29, 1.82) is 0 Å². The molecule has 2 heteroatoms. The topological polar surface area (TPSA) is 40.5 Å². The minimum atomic E-state index is -0.524. The SMILES string of the molecule is CC1=C[C@@H](O)[C@H](CO)C(c2ccccc2)C1. The van der Waals surface area contributed by atoms with Crippen molar-refractivity contribution in [1.82, 2.24) is 0 Å². The minimum absolute atomic E-state index is 0.0322. The van der Waals surface area contributed by atoms with Crippen molar-refractivity contribution in [3.05, 3.63) is 47.5 Å². The largest absolute Gasteiger partial charge is 0.396 e. The predicted molar refractivity (Wildman–Crippen MR) is 64.1 cm³/mol. The summed E-state index contributed by atoms with van der Waals surface area (Å²) in [5.74, 6) is 0.150. The Hall–Kier alpha value is -1.12. The lowest BCUT2D eigenvalue weighted by Gasteiger charge is -2.33. The number of rotatable bonds is 2. The maximum absolute atomic E-state index is 9.93. The molecule has 0 saturated heterocycles. The molecule has 0 fully saturated rings. The average molecular weight is 218 g/mol. The Morgan fingerprint density at radius 1 is 1.25 bits per heavy atom. The molecule has 3 atom stereocenters. The van der Waals surface area contributed by atoms with Gasteiger partial charge in [-0.2, -0.15) is 0 Å². The first kappa shape index (κ1) is 11.4. The summed E-state index contributed by atoms with van der Waals surface area (Å²) in [6.45, 7) is 2.07. The van der Waals surface area contributed by atoms with Gasteiger partial charge in [0.15, 0.2) is 0 Å². The molecular formula is C14H18O2. The third-order valence-electron chi connectivity index (χ3n) is 3.39. The molecule has 0 amide bonds. The van der Waals surface area contributed by atoms with Crippen LogP contribution in [0.5, 0.6) is 0 Å². The molecule has 86 valence electrons. The number of aliphatic hydroxyl groups excluding tert-OH is 2. The number of benzene rings is 1. The lowest BCUT2D eigenvalue weighted by molar-refractivity contribution is 0.0751. The fourth-order valence-corrected chi connectivity index (χ4v) is 2.52. The first-order valence-corrected chi connectivity index (χ1v) is 5.73. The lowest BCUT2D eigenvalue weighted by atomic mass is 9.75. The van der Waals surface area contributed by atoms with Crippen LogP contribution in [0.25, 0.3) is 0 Å². The molecule has 0 saturated carbocycles. The van der Waals surface area contributed by atoms with Crippen molar-refractivity contribution in [3.63, 3.8) is 0 Å². The summed E-state index contributed by atoms with van der Waals surface area (Å²) >= 11 is 0. The molecule has 0 spiro atoms. The summed E-state index contributed by atoms with van der Waals surface area (Å²) < 4.78 is 0. The summed E-state index contributed by atoms with van der Waals surface area (Å²) in [5.41, 5.74) is 2.40. The van der Waals surface area contributed by atoms with Gasteiger partial charge in [-0.1, -0.05) is 42.0 Å². The molecule has 1 aromatic carbocycles. The highest BCUT2D eigenvalue weighted by Crippen LogP contribution is 2.37. The summed E-state index contributed by atoms with van der Waals surface area (Å²) in [6, 6.07) is 10.1. The van der Waals surface area contributed by atoms with E-state index in [-0.39, 0.29) is 18.4 Å². The Balaban J connectivity index is 2.30. The van der Waals surface area contributed by atoms with Crippen LogP contribution >= 0.6 is 0 Å². The van der Waals surface area contributed by atoms with Crippen LogP contribution in [0, 0.1) is 5.92 Å². The van der Waals surface area contributed by atoms with Crippen molar-refractivity contribution >= 4 is 0 Å². The van der Waals surface area contributed by atoms with Crippen molar-refractivity contribution in [3.8, 4) is 0 Å². The maximum Gasteiger partial charge on any atom is 0.0779 e. The summed E-state index contributed by atoms with van der Waals surface area (Å²) in [4.78, 5) is 0. The van der Waals surface area contributed by atoms with Crippen LogP contribution in [0.2, 0.25) is 0 Å². The van der Waals surface area contributed by atoms with E-state index >= 15 is 0 Å². The van der Waals surface area contributed by atoms with Gasteiger partial charge in [-0.15, -0.1) is 0 Å². The molecule has 16 heavy (non-hydrogen) atoms. The zero-order valence-corrected chi connectivity index (χ0v) is 9.50. The predicted octanol–water partition coefficient (Wildman–Crippen LogP) is 2.09. The molecule has 1 aliphatic rings. The second-order valence-electron chi connectivity index (χ2n) is 4.57. The molecule has 2 nitrogen and oxygen atoms in total. The molecule has 2 rings (SSSR count). The molecule has 0 aliphatic heterocycles. The van der Waals surface area contributed by atoms with E-state index in [1.807, 2.05) is 31.2 Å². The average Bonchev–Trinajstić information content (AvgIpc) is 2.29. The highest BCUT2D eigenvalue weighted by molar-refractivity contribution is 5.26. The van der Waals surface area contributed by atoms with E-state index in [0.29, 0.717) is 0 Å². The molecule has 1 aliphatic carbocycles. The van der Waals surface area contributed by atoms with E-state index in [2.05, 4.69) is 12.1 Å². The van der Waals surface area contributed by atoms with E-state index in [0.717, 1.165) is 6.42 Å². The molecule has 2 N–H and O–H groups in total. The van der Waals surface area contributed by atoms with Gasteiger partial charge in [0.1, 0.15) is 0 Å². The molecule has 1 aromatic rings. The molecule has 1 unspecified atom stereocenters. The van der Waals surface area contributed by atoms with Crippen LogP contribution < -0.4 is 0 Å². The van der Waals surface area contributed by atoms with Crippen LogP contribution in [0.15, 0.2) is 42.0 Å². The zero-order valence-electron chi connectivity index (χ0n) is 9.50. The van der Waals surface area contributed by atoms with Gasteiger partial charge in [0, 0.05) is 12.5 Å². The smallest absolute Gasteiger partial charge is 0.0779 e. The van der Waals surface area contributed by atoms with Crippen LogP contribution in [0.1, 0.15) is 24.8 Å². The molecule has 0 bridgehead atoms. The van der Waals surface area contributed by atoms with Gasteiger partial charge in [-0.05, 0) is 24.8 Å². The summed E-state index contributed by atoms with van der Waals surface area (Å²) in [7, 11) is 0. The van der Waals surface area contributed by atoms with Gasteiger partial charge < -0.3 is 10.2 Å². The Morgan fingerprint density at radius 2 is 1.94 bits per heavy atom. The molecule has 0 radical (unpaired) electrons. The first-order chi connectivity index (χ1) is 7.72. The zero-order chi connectivity index (χ0) is 11.5. The third-order valence-corrected chi connectivity index (χ3v) is 3.39. The van der Waals surface area contributed by atoms with Crippen LogP contribution in [0.3, 0.4) is 0 Å². The highest BCUT2D eigenvalue weighted by Gasteiger charge is 2.31. The van der Waals surface area contributed by atoms with Gasteiger partial charge in [0.2, 0.25) is 0 Å². The van der Waals surface area contributed by atoms with E-state index in [9.17, 15) is 10.2 Å². The summed E-state index contributed by atoms with van der Waals surface area (Å²) in [6.07, 6.45) is 2.26. The lowest BCUT2D eigenvalue weighted by Crippen LogP contribution is -2.32. The standard InChI is InChI=1S/C14H18O2/c1-10-7-12(11-5-3-2-4-6-11)13(9-15)14(16)8-10/h2-6,8,12-16H,7,9H2,1H3/t12?,13-,14-/m1/s1. The van der Waals surface area contributed by atoms with Gasteiger partial charge in [0.05, 0.1) is 6.10 Å². The fourth-order valence-electron chi connectivity index (χ4n) is 2.52. The Bertz CT molecular complexity index is 370. The monoisotopic (exact) mass is 218 g/mol. The summed E-state index contributed by atoms with van der Waals surface area (Å²) in [5, 5.41) is 19.3. The molecule has 0 heterocycles. The minimum Gasteiger partial charge on any atom is -0.396 e. The number of allylic oxidation sites excluding steroid dienone is 1. The van der Waals surface area contributed by atoms with E-state index in [1.165, 1.54) is 11.1 Å². The highest BCUT2D eigenvalue weighted by atomic mass is 16.3. The van der Waals surface area contributed by atoms with Crippen LogP contribution in [-0.4, -0.2) is 22.9 Å². The fraction of sp³-hybridized carbons (Fsp3) is 0.429. The van der Waals surface area contributed by atoms with Crippen LogP contribution in [-0.2, 0) is 0 Å². The van der Waals surface area contributed by atoms with Crippen molar-refractivity contribution < 1.29 is 10.2 Å². The van der Waals surface area contributed by atoms with Crippen molar-refractivity contribution in [2.24, 2.45) is 5.92 Å². The maximum atomic E-state index is 9.93. The van der Waals surface area contributed by atoms with Crippen molar-refractivity contribution in [2.75, 3.05) is 6.61 Å². The van der Waals surface area contributed by atoms with E-state index in [4.69, 9.17) is 0 Å². The van der Waals surface area contributed by atoms with Crippen molar-refractivity contribution in [2.45, 2.75) is 25.4 Å². The first-order valence-electron chi connectivity index (χ1n) is 5.73. The van der Waals surface area contributed by atoms with E-state index < -0.39 is 6.10 Å². The van der Waals surface area contributed by atoms with Gasteiger partial charge >= 0.3 is 0 Å². The normalized spacial score (nSPS) is 29.9. The molecular weight excluding hydrogens is 200 g/mol. The van der Waals surface area contributed by atoms with Crippen LogP contribution in [0.4, 0.5) is 0 Å².